The lowest BCUT2D eigenvalue weighted by atomic mass is 10.0. The van der Waals surface area contributed by atoms with Crippen molar-refractivity contribution in [3.8, 4) is 6.07 Å². The second-order valence-electron chi connectivity index (χ2n) is 2.89. The van der Waals surface area contributed by atoms with Gasteiger partial charge in [0.2, 0.25) is 0 Å². The molecule has 4 heteroatoms. The Hall–Kier alpha value is -1.50. The summed E-state index contributed by atoms with van der Waals surface area (Å²) in [5.74, 6) is -3.37. The first-order chi connectivity index (χ1) is 6.54. The highest BCUT2D eigenvalue weighted by Crippen LogP contribution is 2.24. The van der Waals surface area contributed by atoms with Crippen LogP contribution in [0.3, 0.4) is 0 Å². The van der Waals surface area contributed by atoms with Gasteiger partial charge in [-0.15, -0.1) is 0 Å². The molecule has 0 aliphatic heterocycles. The Morgan fingerprint density at radius 2 is 1.71 bits per heavy atom. The normalized spacial score (nSPS) is 10.0. The highest BCUT2D eigenvalue weighted by Gasteiger charge is 2.21. The topological polar surface area (TPSA) is 23.8 Å². The molecule has 0 spiro atoms. The van der Waals surface area contributed by atoms with Gasteiger partial charge in [-0.2, -0.15) is 5.26 Å². The van der Waals surface area contributed by atoms with E-state index < -0.39 is 23.0 Å². The predicted molar refractivity (Wildman–Crippen MR) is 45.1 cm³/mol. The molecular weight excluding hydrogens is 191 g/mol. The number of benzene rings is 1. The standard InChI is InChI=1S/C10H8F3N/c1-3-6-7(4-14)10(13)9(12)5(2)8(6)11/h3H2,1-2H3. The Morgan fingerprint density at radius 3 is 2.14 bits per heavy atom. The minimum atomic E-state index is -1.28. The highest BCUT2D eigenvalue weighted by molar-refractivity contribution is 5.43. The molecule has 0 saturated heterocycles. The first kappa shape index (κ1) is 10.6. The lowest BCUT2D eigenvalue weighted by molar-refractivity contribution is 0.479. The molecule has 1 aromatic carbocycles. The van der Waals surface area contributed by atoms with Crippen molar-refractivity contribution in [2.24, 2.45) is 0 Å². The Kier molecular flexibility index (Phi) is 2.80. The van der Waals surface area contributed by atoms with Crippen molar-refractivity contribution in [1.82, 2.24) is 0 Å². The molecule has 14 heavy (non-hydrogen) atoms. The fourth-order valence-electron chi connectivity index (χ4n) is 1.29. The van der Waals surface area contributed by atoms with Gasteiger partial charge in [0.15, 0.2) is 11.6 Å². The first-order valence-corrected chi connectivity index (χ1v) is 4.10. The van der Waals surface area contributed by atoms with E-state index in [1.165, 1.54) is 6.07 Å². The van der Waals surface area contributed by atoms with Gasteiger partial charge >= 0.3 is 0 Å². The van der Waals surface area contributed by atoms with Crippen molar-refractivity contribution >= 4 is 0 Å². The van der Waals surface area contributed by atoms with E-state index >= 15 is 0 Å². The van der Waals surface area contributed by atoms with Crippen LogP contribution in [-0.2, 0) is 6.42 Å². The summed E-state index contributed by atoms with van der Waals surface area (Å²) in [6, 6.07) is 1.47. The molecule has 0 radical (unpaired) electrons. The van der Waals surface area contributed by atoms with E-state index in [0.29, 0.717) is 0 Å². The number of nitriles is 1. The molecule has 0 fully saturated rings. The van der Waals surface area contributed by atoms with Gasteiger partial charge < -0.3 is 0 Å². The summed E-state index contributed by atoms with van der Waals surface area (Å²) in [5.41, 5.74) is -0.977. The summed E-state index contributed by atoms with van der Waals surface area (Å²) in [6.07, 6.45) is 0.159. The number of halogens is 3. The zero-order valence-electron chi connectivity index (χ0n) is 7.79. The lowest BCUT2D eigenvalue weighted by Gasteiger charge is -2.08. The molecule has 0 unspecified atom stereocenters. The van der Waals surface area contributed by atoms with Gasteiger partial charge in [0, 0.05) is 11.1 Å². The van der Waals surface area contributed by atoms with Crippen molar-refractivity contribution < 1.29 is 13.2 Å². The van der Waals surface area contributed by atoms with Crippen molar-refractivity contribution in [1.29, 1.82) is 5.26 Å². The second-order valence-corrected chi connectivity index (χ2v) is 2.89. The largest absolute Gasteiger partial charge is 0.206 e. The van der Waals surface area contributed by atoms with E-state index in [2.05, 4.69) is 0 Å². The summed E-state index contributed by atoms with van der Waals surface area (Å²) in [6.45, 7) is 2.73. The van der Waals surface area contributed by atoms with Crippen LogP contribution in [0.5, 0.6) is 0 Å². The van der Waals surface area contributed by atoms with Gasteiger partial charge in [0.05, 0.1) is 5.56 Å². The number of rotatable bonds is 1. The Balaban J connectivity index is 3.68. The van der Waals surface area contributed by atoms with E-state index in [0.717, 1.165) is 6.92 Å². The van der Waals surface area contributed by atoms with Crippen LogP contribution in [0.2, 0.25) is 0 Å². The Morgan fingerprint density at radius 1 is 1.14 bits per heavy atom. The zero-order chi connectivity index (χ0) is 10.9. The van der Waals surface area contributed by atoms with Crippen LogP contribution >= 0.6 is 0 Å². The summed E-state index contributed by atoms with van der Waals surface area (Å²) in [4.78, 5) is 0. The summed E-state index contributed by atoms with van der Waals surface area (Å²) in [5, 5.41) is 8.55. The van der Waals surface area contributed by atoms with Gasteiger partial charge in [0.25, 0.3) is 0 Å². The van der Waals surface area contributed by atoms with Crippen molar-refractivity contribution in [3.05, 3.63) is 34.1 Å². The molecule has 0 amide bonds. The van der Waals surface area contributed by atoms with Crippen LogP contribution in [-0.4, -0.2) is 0 Å². The molecule has 0 aromatic heterocycles. The smallest absolute Gasteiger partial charge is 0.177 e. The first-order valence-electron chi connectivity index (χ1n) is 4.10. The lowest BCUT2D eigenvalue weighted by Crippen LogP contribution is -2.04. The molecule has 1 rings (SSSR count). The minimum absolute atomic E-state index is 0.0658. The quantitative estimate of drug-likeness (QED) is 0.638. The number of hydrogen-bond acceptors (Lipinski definition) is 1. The molecular formula is C10H8F3N. The number of hydrogen-bond donors (Lipinski definition) is 0. The molecule has 0 aliphatic rings. The van der Waals surface area contributed by atoms with Gasteiger partial charge in [-0.25, -0.2) is 13.2 Å². The van der Waals surface area contributed by atoms with Gasteiger partial charge in [0.1, 0.15) is 11.9 Å². The van der Waals surface area contributed by atoms with Crippen LogP contribution in [0, 0.1) is 35.7 Å². The van der Waals surface area contributed by atoms with Crippen LogP contribution in [0.25, 0.3) is 0 Å². The molecule has 0 N–H and O–H groups in total. The summed E-state index contributed by atoms with van der Waals surface area (Å²) in [7, 11) is 0. The van der Waals surface area contributed by atoms with E-state index in [1.807, 2.05) is 0 Å². The Labute approximate surface area is 79.8 Å². The van der Waals surface area contributed by atoms with Crippen LogP contribution in [0.1, 0.15) is 23.6 Å². The SMILES string of the molecule is CCc1c(F)c(C)c(F)c(F)c1C#N. The van der Waals surface area contributed by atoms with Gasteiger partial charge in [-0.3, -0.25) is 0 Å². The second kappa shape index (κ2) is 3.70. The van der Waals surface area contributed by atoms with Gasteiger partial charge in [-0.1, -0.05) is 6.92 Å². The van der Waals surface area contributed by atoms with Crippen LogP contribution in [0.4, 0.5) is 13.2 Å². The van der Waals surface area contributed by atoms with E-state index in [-0.39, 0.29) is 17.5 Å². The maximum absolute atomic E-state index is 13.3. The monoisotopic (exact) mass is 199 g/mol. The van der Waals surface area contributed by atoms with Gasteiger partial charge in [-0.05, 0) is 13.3 Å². The maximum Gasteiger partial charge on any atom is 0.177 e. The maximum atomic E-state index is 13.3. The molecule has 0 saturated carbocycles. The summed E-state index contributed by atoms with van der Waals surface area (Å²) < 4.78 is 39.4. The third-order valence-corrected chi connectivity index (χ3v) is 2.10. The fraction of sp³-hybridized carbons (Fsp3) is 0.300. The highest BCUT2D eigenvalue weighted by atomic mass is 19.2. The molecule has 0 aliphatic carbocycles. The van der Waals surface area contributed by atoms with E-state index in [1.54, 1.807) is 6.92 Å². The van der Waals surface area contributed by atoms with Crippen LogP contribution < -0.4 is 0 Å². The minimum Gasteiger partial charge on any atom is -0.206 e. The molecule has 1 aromatic rings. The van der Waals surface area contributed by atoms with Crippen LogP contribution in [0.15, 0.2) is 0 Å². The predicted octanol–water partition coefficient (Wildman–Crippen LogP) is 2.85. The third kappa shape index (κ3) is 1.35. The van der Waals surface area contributed by atoms with Crippen molar-refractivity contribution in [2.45, 2.75) is 20.3 Å². The molecule has 1 nitrogen and oxygen atoms in total. The molecule has 74 valence electrons. The molecule has 0 atom stereocenters. The van der Waals surface area contributed by atoms with E-state index in [4.69, 9.17) is 5.26 Å². The third-order valence-electron chi connectivity index (χ3n) is 2.10. The average molecular weight is 199 g/mol. The average Bonchev–Trinajstić information content (AvgIpc) is 2.20. The summed E-state index contributed by atoms with van der Waals surface area (Å²) >= 11 is 0. The fourth-order valence-corrected chi connectivity index (χ4v) is 1.29. The zero-order valence-corrected chi connectivity index (χ0v) is 7.79. The molecule has 0 bridgehead atoms. The van der Waals surface area contributed by atoms with Crippen molar-refractivity contribution in [3.63, 3.8) is 0 Å². The Bertz CT molecular complexity index is 419. The van der Waals surface area contributed by atoms with Crippen molar-refractivity contribution in [2.75, 3.05) is 0 Å². The number of nitrogens with zero attached hydrogens (tertiary/aromatic N) is 1. The molecule has 0 heterocycles. The van der Waals surface area contributed by atoms with E-state index in [9.17, 15) is 13.2 Å².